The number of ether oxygens (including phenoxy) is 1. The molecular weight excluding hydrogens is 326 g/mol. The Labute approximate surface area is 139 Å². The standard InChI is InChI=1S/C16H17Cl2FN2O/c17-14-8-20-16(19)7-13(14)12-1-2-15(18)21(10-12)9-11-3-5-22-6-4-11/h1-2,7-8,11H,3-6,9-10H2. The third-order valence-corrected chi connectivity index (χ3v) is 4.74. The third kappa shape index (κ3) is 3.62. The van der Waals surface area contributed by atoms with E-state index in [1.165, 1.54) is 12.3 Å². The minimum absolute atomic E-state index is 0.449. The molecule has 0 saturated carbocycles. The lowest BCUT2D eigenvalue weighted by Gasteiger charge is -2.33. The van der Waals surface area contributed by atoms with Crippen molar-refractivity contribution in [2.75, 3.05) is 26.3 Å². The van der Waals surface area contributed by atoms with Crippen molar-refractivity contribution in [1.82, 2.24) is 9.88 Å². The molecule has 6 heteroatoms. The van der Waals surface area contributed by atoms with Crippen LogP contribution in [0.1, 0.15) is 18.4 Å². The Hall–Kier alpha value is -1.10. The van der Waals surface area contributed by atoms with Crippen LogP contribution in [0.5, 0.6) is 0 Å². The smallest absolute Gasteiger partial charge is 0.213 e. The molecule has 3 rings (SSSR count). The van der Waals surface area contributed by atoms with E-state index in [1.807, 2.05) is 12.2 Å². The van der Waals surface area contributed by atoms with Crippen LogP contribution in [0.4, 0.5) is 4.39 Å². The first-order valence-electron chi connectivity index (χ1n) is 7.34. The van der Waals surface area contributed by atoms with Crippen LogP contribution in [-0.4, -0.2) is 36.2 Å². The van der Waals surface area contributed by atoms with Crippen molar-refractivity contribution in [3.63, 3.8) is 0 Å². The molecule has 0 bridgehead atoms. The van der Waals surface area contributed by atoms with Crippen LogP contribution in [0.25, 0.3) is 5.57 Å². The molecule has 0 amide bonds. The second-order valence-corrected chi connectivity index (χ2v) is 6.40. The van der Waals surface area contributed by atoms with Crippen LogP contribution in [0, 0.1) is 11.9 Å². The molecule has 0 aliphatic carbocycles. The number of hydrogen-bond donors (Lipinski definition) is 0. The lowest BCUT2D eigenvalue weighted by atomic mass is 9.98. The summed E-state index contributed by atoms with van der Waals surface area (Å²) >= 11 is 12.5. The first kappa shape index (κ1) is 15.8. The molecule has 22 heavy (non-hydrogen) atoms. The van der Waals surface area contributed by atoms with E-state index in [9.17, 15) is 4.39 Å². The van der Waals surface area contributed by atoms with Crippen LogP contribution in [0.15, 0.2) is 29.6 Å². The molecule has 0 radical (unpaired) electrons. The lowest BCUT2D eigenvalue weighted by molar-refractivity contribution is 0.0584. The van der Waals surface area contributed by atoms with Gasteiger partial charge in [-0.25, -0.2) is 4.98 Å². The van der Waals surface area contributed by atoms with Crippen LogP contribution in [0.3, 0.4) is 0 Å². The minimum atomic E-state index is -0.531. The summed E-state index contributed by atoms with van der Waals surface area (Å²) in [6, 6.07) is 1.37. The van der Waals surface area contributed by atoms with Crippen molar-refractivity contribution in [2.45, 2.75) is 12.8 Å². The summed E-state index contributed by atoms with van der Waals surface area (Å²) < 4.78 is 18.8. The molecule has 2 aliphatic heterocycles. The predicted octanol–water partition coefficient (Wildman–Crippen LogP) is 4.08. The normalized spacial score (nSPS) is 19.9. The number of hydrogen-bond acceptors (Lipinski definition) is 3. The Morgan fingerprint density at radius 3 is 2.82 bits per heavy atom. The van der Waals surface area contributed by atoms with Gasteiger partial charge in [0.15, 0.2) is 0 Å². The topological polar surface area (TPSA) is 25.4 Å². The summed E-state index contributed by atoms with van der Waals surface area (Å²) in [5, 5.41) is 1.16. The van der Waals surface area contributed by atoms with Gasteiger partial charge < -0.3 is 9.64 Å². The second-order valence-electron chi connectivity index (χ2n) is 5.60. The average Bonchev–Trinajstić information content (AvgIpc) is 2.53. The van der Waals surface area contributed by atoms with Crippen molar-refractivity contribution in [2.24, 2.45) is 5.92 Å². The molecule has 0 aromatic carbocycles. The van der Waals surface area contributed by atoms with Gasteiger partial charge in [-0.1, -0.05) is 29.3 Å². The fourth-order valence-electron chi connectivity index (χ4n) is 2.84. The highest BCUT2D eigenvalue weighted by atomic mass is 35.5. The summed E-state index contributed by atoms with van der Waals surface area (Å²) in [6.45, 7) is 3.12. The van der Waals surface area contributed by atoms with Gasteiger partial charge in [-0.2, -0.15) is 4.39 Å². The monoisotopic (exact) mass is 342 g/mol. The van der Waals surface area contributed by atoms with Gasteiger partial charge in [-0.15, -0.1) is 0 Å². The van der Waals surface area contributed by atoms with Crippen molar-refractivity contribution in [3.8, 4) is 0 Å². The molecular formula is C16H17Cl2FN2O. The number of pyridine rings is 1. The maximum absolute atomic E-state index is 13.4. The van der Waals surface area contributed by atoms with Gasteiger partial charge in [0.05, 0.1) is 5.02 Å². The van der Waals surface area contributed by atoms with E-state index in [0.717, 1.165) is 38.2 Å². The van der Waals surface area contributed by atoms with Gasteiger partial charge in [-0.05, 0) is 30.4 Å². The molecule has 118 valence electrons. The number of halogens is 3. The van der Waals surface area contributed by atoms with E-state index >= 15 is 0 Å². The zero-order valence-electron chi connectivity index (χ0n) is 12.1. The van der Waals surface area contributed by atoms with Crippen molar-refractivity contribution in [1.29, 1.82) is 0 Å². The molecule has 1 saturated heterocycles. The first-order valence-corrected chi connectivity index (χ1v) is 8.09. The SMILES string of the molecule is Fc1cc(C2=CC=C(Cl)N(CC3CCOCC3)C2)c(Cl)cn1. The fraction of sp³-hybridized carbons (Fsp3) is 0.438. The number of nitrogens with zero attached hydrogens (tertiary/aromatic N) is 2. The van der Waals surface area contributed by atoms with Crippen molar-refractivity contribution >= 4 is 28.8 Å². The summed E-state index contributed by atoms with van der Waals surface area (Å²) in [7, 11) is 0. The van der Waals surface area contributed by atoms with Crippen LogP contribution < -0.4 is 0 Å². The van der Waals surface area contributed by atoms with Gasteiger partial charge >= 0.3 is 0 Å². The summed E-state index contributed by atoms with van der Waals surface area (Å²) in [5.41, 5.74) is 1.62. The van der Waals surface area contributed by atoms with Gasteiger partial charge in [0, 0.05) is 44.1 Å². The summed E-state index contributed by atoms with van der Waals surface area (Å²) in [5.74, 6) is 0.0387. The van der Waals surface area contributed by atoms with Crippen molar-refractivity contribution in [3.05, 3.63) is 46.1 Å². The molecule has 0 unspecified atom stereocenters. The van der Waals surface area contributed by atoms with Gasteiger partial charge in [-0.3, -0.25) is 0 Å². The van der Waals surface area contributed by atoms with Gasteiger partial charge in [0.25, 0.3) is 0 Å². The van der Waals surface area contributed by atoms with Crippen LogP contribution in [-0.2, 0) is 4.74 Å². The molecule has 0 N–H and O–H groups in total. The highest BCUT2D eigenvalue weighted by molar-refractivity contribution is 6.32. The van der Waals surface area contributed by atoms with Crippen LogP contribution in [0.2, 0.25) is 5.02 Å². The van der Waals surface area contributed by atoms with E-state index in [2.05, 4.69) is 9.88 Å². The predicted molar refractivity (Wildman–Crippen MR) is 86.2 cm³/mol. The molecule has 1 aromatic heterocycles. The van der Waals surface area contributed by atoms with E-state index in [4.69, 9.17) is 27.9 Å². The lowest BCUT2D eigenvalue weighted by Crippen LogP contribution is -2.33. The zero-order valence-corrected chi connectivity index (χ0v) is 13.6. The number of rotatable bonds is 3. The zero-order chi connectivity index (χ0) is 15.5. The molecule has 0 spiro atoms. The molecule has 1 aromatic rings. The highest BCUT2D eigenvalue weighted by Gasteiger charge is 2.22. The Morgan fingerprint density at radius 1 is 1.27 bits per heavy atom. The number of allylic oxidation sites excluding steroid dienone is 2. The Kier molecular flexibility index (Phi) is 5.01. The molecule has 2 aliphatic rings. The number of aromatic nitrogens is 1. The van der Waals surface area contributed by atoms with Crippen LogP contribution >= 0.6 is 23.2 Å². The Bertz CT molecular complexity index is 612. The third-order valence-electron chi connectivity index (χ3n) is 4.07. The Morgan fingerprint density at radius 2 is 2.05 bits per heavy atom. The van der Waals surface area contributed by atoms with E-state index in [1.54, 1.807) is 0 Å². The maximum Gasteiger partial charge on any atom is 0.213 e. The highest BCUT2D eigenvalue weighted by Crippen LogP contribution is 2.30. The fourth-order valence-corrected chi connectivity index (χ4v) is 3.25. The molecule has 1 fully saturated rings. The molecule has 3 heterocycles. The molecule has 0 atom stereocenters. The maximum atomic E-state index is 13.4. The first-order chi connectivity index (χ1) is 10.6. The Balaban J connectivity index is 1.76. The van der Waals surface area contributed by atoms with Gasteiger partial charge in [0.2, 0.25) is 5.95 Å². The average molecular weight is 343 g/mol. The van der Waals surface area contributed by atoms with E-state index in [-0.39, 0.29) is 0 Å². The van der Waals surface area contributed by atoms with Gasteiger partial charge in [0.1, 0.15) is 5.16 Å². The minimum Gasteiger partial charge on any atom is -0.381 e. The quantitative estimate of drug-likeness (QED) is 0.611. The second kappa shape index (κ2) is 6.99. The summed E-state index contributed by atoms with van der Waals surface area (Å²) in [6.07, 6.45) is 7.17. The summed E-state index contributed by atoms with van der Waals surface area (Å²) in [4.78, 5) is 5.68. The van der Waals surface area contributed by atoms with E-state index in [0.29, 0.717) is 28.2 Å². The largest absolute Gasteiger partial charge is 0.381 e. The molecule has 3 nitrogen and oxygen atoms in total. The van der Waals surface area contributed by atoms with E-state index < -0.39 is 5.95 Å². The van der Waals surface area contributed by atoms with Crippen molar-refractivity contribution < 1.29 is 9.13 Å².